The van der Waals surface area contributed by atoms with Gasteiger partial charge in [-0.25, -0.2) is 15.0 Å². The molecule has 0 aromatic carbocycles. The molecule has 1 N–H and O–H groups in total. The van der Waals surface area contributed by atoms with Crippen molar-refractivity contribution < 1.29 is 4.79 Å². The summed E-state index contributed by atoms with van der Waals surface area (Å²) in [6.45, 7) is 11.6. The number of carbonyl (C=O) groups is 1. The Morgan fingerprint density at radius 2 is 1.88 bits per heavy atom. The van der Waals surface area contributed by atoms with E-state index in [0.717, 1.165) is 49.5 Å². The number of aromatic nitrogens is 2. The first kappa shape index (κ1) is 19.7. The number of hydrogen-bond acceptors (Lipinski definition) is 5. The zero-order valence-corrected chi connectivity index (χ0v) is 16.2. The number of nitrogens with one attached hydrogen (secondary N) is 1. The fraction of sp³-hybridized carbons (Fsp3) is 0.556. The van der Waals surface area contributed by atoms with Gasteiger partial charge in [0.2, 0.25) is 11.9 Å². The van der Waals surface area contributed by atoms with Gasteiger partial charge in [-0.05, 0) is 19.9 Å². The summed E-state index contributed by atoms with van der Waals surface area (Å²) in [6, 6.07) is 1.98. The van der Waals surface area contributed by atoms with Gasteiger partial charge in [-0.15, -0.1) is 6.58 Å². The quantitative estimate of drug-likeness (QED) is 0.467. The summed E-state index contributed by atoms with van der Waals surface area (Å²) < 4.78 is 0. The molecule has 1 saturated heterocycles. The molecular formula is C18H29N7O. The van der Waals surface area contributed by atoms with Crippen LogP contribution in [0.3, 0.4) is 0 Å². The van der Waals surface area contributed by atoms with Crippen LogP contribution in [0.4, 0.5) is 5.95 Å². The lowest BCUT2D eigenvalue weighted by molar-refractivity contribution is -0.127. The molecule has 1 aromatic rings. The molecule has 142 valence electrons. The fourth-order valence-corrected chi connectivity index (χ4v) is 2.68. The zero-order valence-electron chi connectivity index (χ0n) is 16.2. The molecule has 1 amide bonds. The number of aryl methyl sites for hydroxylation is 2. The number of hydrogen-bond donors (Lipinski definition) is 1. The minimum Gasteiger partial charge on any atom is -0.353 e. The molecule has 1 aliphatic rings. The van der Waals surface area contributed by atoms with Gasteiger partial charge in [-0.3, -0.25) is 4.79 Å². The van der Waals surface area contributed by atoms with Gasteiger partial charge >= 0.3 is 0 Å². The summed E-state index contributed by atoms with van der Waals surface area (Å²) >= 11 is 0. The normalized spacial score (nSPS) is 15.0. The third kappa shape index (κ3) is 5.44. The lowest BCUT2D eigenvalue weighted by Gasteiger charge is -2.36. The Labute approximate surface area is 155 Å². The van der Waals surface area contributed by atoms with Gasteiger partial charge in [0.05, 0.1) is 0 Å². The van der Waals surface area contributed by atoms with Crippen LogP contribution in [0.2, 0.25) is 0 Å². The minimum atomic E-state index is -0.0230. The number of nitrogens with zero attached hydrogens (tertiary/aromatic N) is 6. The molecule has 2 heterocycles. The average Bonchev–Trinajstić information content (AvgIpc) is 2.61. The van der Waals surface area contributed by atoms with E-state index in [1.807, 2.05) is 19.9 Å². The number of piperazine rings is 1. The predicted octanol–water partition coefficient (Wildman–Crippen LogP) is 0.435. The van der Waals surface area contributed by atoms with Crippen molar-refractivity contribution in [3.63, 3.8) is 0 Å². The molecule has 2 rings (SSSR count). The van der Waals surface area contributed by atoms with Crippen molar-refractivity contribution >= 4 is 17.8 Å². The Bertz CT molecular complexity index is 643. The lowest BCUT2D eigenvalue weighted by atomic mass is 10.3. The summed E-state index contributed by atoms with van der Waals surface area (Å²) in [4.78, 5) is 31.3. The third-order valence-corrected chi connectivity index (χ3v) is 4.10. The van der Waals surface area contributed by atoms with Crippen LogP contribution >= 0.6 is 0 Å². The van der Waals surface area contributed by atoms with Crippen molar-refractivity contribution in [2.45, 2.75) is 13.8 Å². The smallest absolute Gasteiger partial charge is 0.243 e. The Kier molecular flexibility index (Phi) is 6.94. The third-order valence-electron chi connectivity index (χ3n) is 4.10. The summed E-state index contributed by atoms with van der Waals surface area (Å²) in [6.07, 6.45) is 1.78. The van der Waals surface area contributed by atoms with Gasteiger partial charge in [0.1, 0.15) is 6.54 Å². The second-order valence-electron chi connectivity index (χ2n) is 6.52. The molecule has 26 heavy (non-hydrogen) atoms. The van der Waals surface area contributed by atoms with E-state index in [4.69, 9.17) is 0 Å². The van der Waals surface area contributed by atoms with E-state index < -0.39 is 0 Å². The molecule has 0 aliphatic carbocycles. The van der Waals surface area contributed by atoms with Gasteiger partial charge in [-0.2, -0.15) is 0 Å². The van der Waals surface area contributed by atoms with Crippen molar-refractivity contribution in [3.05, 3.63) is 30.1 Å². The second kappa shape index (κ2) is 9.17. The van der Waals surface area contributed by atoms with E-state index in [-0.39, 0.29) is 12.5 Å². The SMILES string of the molecule is C=CCNC(=NCC(=O)N(C)C)N1CCN(c2nc(C)cc(C)n2)CC1. The van der Waals surface area contributed by atoms with E-state index in [1.54, 1.807) is 25.1 Å². The highest BCUT2D eigenvalue weighted by Gasteiger charge is 2.22. The van der Waals surface area contributed by atoms with E-state index in [1.165, 1.54) is 0 Å². The summed E-state index contributed by atoms with van der Waals surface area (Å²) in [5.41, 5.74) is 1.96. The topological polar surface area (TPSA) is 77.0 Å². The number of rotatable bonds is 5. The Balaban J connectivity index is 2.02. The van der Waals surface area contributed by atoms with Crippen LogP contribution in [-0.4, -0.2) is 85.0 Å². The maximum atomic E-state index is 11.8. The van der Waals surface area contributed by atoms with Crippen LogP contribution in [0.1, 0.15) is 11.4 Å². The molecule has 0 unspecified atom stereocenters. The molecule has 1 fully saturated rings. The van der Waals surface area contributed by atoms with Gasteiger partial charge in [0, 0.05) is 58.2 Å². The highest BCUT2D eigenvalue weighted by Crippen LogP contribution is 2.13. The van der Waals surface area contributed by atoms with Crippen molar-refractivity contribution in [2.75, 3.05) is 58.3 Å². The summed E-state index contributed by atoms with van der Waals surface area (Å²) in [7, 11) is 3.47. The van der Waals surface area contributed by atoms with E-state index in [9.17, 15) is 4.79 Å². The van der Waals surface area contributed by atoms with Crippen LogP contribution in [0, 0.1) is 13.8 Å². The van der Waals surface area contributed by atoms with Crippen molar-refractivity contribution in [1.29, 1.82) is 0 Å². The molecule has 8 heteroatoms. The molecular weight excluding hydrogens is 330 g/mol. The molecule has 0 saturated carbocycles. The van der Waals surface area contributed by atoms with Crippen molar-refractivity contribution in [2.24, 2.45) is 4.99 Å². The van der Waals surface area contributed by atoms with E-state index >= 15 is 0 Å². The van der Waals surface area contributed by atoms with E-state index in [0.29, 0.717) is 6.54 Å². The number of guanidine groups is 1. The van der Waals surface area contributed by atoms with Gasteiger partial charge in [0.15, 0.2) is 5.96 Å². The first-order valence-electron chi connectivity index (χ1n) is 8.82. The van der Waals surface area contributed by atoms with Crippen molar-refractivity contribution in [1.82, 2.24) is 25.1 Å². The monoisotopic (exact) mass is 359 g/mol. The summed E-state index contributed by atoms with van der Waals surface area (Å²) in [5, 5.41) is 3.24. The maximum absolute atomic E-state index is 11.8. The second-order valence-corrected chi connectivity index (χ2v) is 6.52. The maximum Gasteiger partial charge on any atom is 0.243 e. The Hall–Kier alpha value is -2.64. The number of anilines is 1. The molecule has 0 atom stereocenters. The molecule has 0 bridgehead atoms. The molecule has 1 aliphatic heterocycles. The van der Waals surface area contributed by atoms with Crippen LogP contribution in [0.25, 0.3) is 0 Å². The number of carbonyl (C=O) groups excluding carboxylic acids is 1. The van der Waals surface area contributed by atoms with Crippen LogP contribution < -0.4 is 10.2 Å². The summed E-state index contributed by atoms with van der Waals surface area (Å²) in [5.74, 6) is 1.49. The first-order chi connectivity index (χ1) is 12.4. The number of likely N-dealkylation sites (N-methyl/N-ethyl adjacent to an activating group) is 1. The van der Waals surface area contributed by atoms with Gasteiger partial charge in [0.25, 0.3) is 0 Å². The largest absolute Gasteiger partial charge is 0.353 e. The standard InChI is InChI=1S/C18H29N7O/c1-6-7-19-17(20-13-16(26)23(4)5)24-8-10-25(11-9-24)18-21-14(2)12-15(3)22-18/h6,12H,1,7-11,13H2,2-5H3,(H,19,20). The highest BCUT2D eigenvalue weighted by atomic mass is 16.2. The zero-order chi connectivity index (χ0) is 19.1. The molecule has 0 radical (unpaired) electrons. The number of amides is 1. The first-order valence-corrected chi connectivity index (χ1v) is 8.82. The fourth-order valence-electron chi connectivity index (χ4n) is 2.68. The van der Waals surface area contributed by atoms with Gasteiger partial charge < -0.3 is 20.0 Å². The van der Waals surface area contributed by atoms with Crippen molar-refractivity contribution in [3.8, 4) is 0 Å². The van der Waals surface area contributed by atoms with Gasteiger partial charge in [-0.1, -0.05) is 6.08 Å². The Morgan fingerprint density at radius 1 is 1.27 bits per heavy atom. The van der Waals surface area contributed by atoms with Crippen LogP contribution in [0.5, 0.6) is 0 Å². The number of aliphatic imine (C=N–C) groups is 1. The lowest BCUT2D eigenvalue weighted by Crippen LogP contribution is -2.53. The molecule has 8 nitrogen and oxygen atoms in total. The highest BCUT2D eigenvalue weighted by molar-refractivity contribution is 5.85. The Morgan fingerprint density at radius 3 is 2.42 bits per heavy atom. The molecule has 1 aromatic heterocycles. The van der Waals surface area contributed by atoms with Crippen LogP contribution in [-0.2, 0) is 4.79 Å². The molecule has 0 spiro atoms. The van der Waals surface area contributed by atoms with E-state index in [2.05, 4.69) is 36.7 Å². The predicted molar refractivity (Wildman–Crippen MR) is 104 cm³/mol. The van der Waals surface area contributed by atoms with Crippen LogP contribution in [0.15, 0.2) is 23.7 Å². The average molecular weight is 359 g/mol. The minimum absolute atomic E-state index is 0.0230.